The molecule has 5 heteroatoms. The van der Waals surface area contributed by atoms with Gasteiger partial charge in [0, 0.05) is 13.1 Å². The van der Waals surface area contributed by atoms with E-state index in [0.717, 1.165) is 25.9 Å². The normalized spacial score (nSPS) is 21.4. The highest BCUT2D eigenvalue weighted by Gasteiger charge is 2.37. The van der Waals surface area contributed by atoms with Gasteiger partial charge in [-0.1, -0.05) is 0 Å². The fourth-order valence-corrected chi connectivity index (χ4v) is 2.25. The van der Waals surface area contributed by atoms with Crippen molar-refractivity contribution < 1.29 is 14.3 Å². The second kappa shape index (κ2) is 6.18. The van der Waals surface area contributed by atoms with Crippen molar-refractivity contribution in [3.8, 4) is 0 Å². The molecular weight excluding hydrogens is 232 g/mol. The number of esters is 1. The number of hydrogen-bond acceptors (Lipinski definition) is 4. The van der Waals surface area contributed by atoms with Gasteiger partial charge in [-0.25, -0.2) is 0 Å². The summed E-state index contributed by atoms with van der Waals surface area (Å²) in [4.78, 5) is 25.7. The number of carbonyl (C=O) groups excluding carboxylic acids is 2. The molecule has 0 aromatic heterocycles. The first-order valence-electron chi connectivity index (χ1n) is 6.43. The largest absolute Gasteiger partial charge is 0.468 e. The lowest BCUT2D eigenvalue weighted by Gasteiger charge is -2.30. The van der Waals surface area contributed by atoms with Gasteiger partial charge in [-0.05, 0) is 46.2 Å². The van der Waals surface area contributed by atoms with Crippen LogP contribution in [0.25, 0.3) is 0 Å². The molecule has 1 fully saturated rings. The molecule has 18 heavy (non-hydrogen) atoms. The van der Waals surface area contributed by atoms with Crippen LogP contribution in [0.1, 0.15) is 26.7 Å². The van der Waals surface area contributed by atoms with Gasteiger partial charge < -0.3 is 15.0 Å². The molecule has 1 unspecified atom stereocenters. The molecule has 0 aromatic rings. The molecule has 0 saturated carbocycles. The maximum atomic E-state index is 12.0. The highest BCUT2D eigenvalue weighted by atomic mass is 16.5. The average molecular weight is 256 g/mol. The van der Waals surface area contributed by atoms with Crippen LogP contribution in [0.3, 0.4) is 0 Å². The Morgan fingerprint density at radius 3 is 2.67 bits per heavy atom. The number of likely N-dealkylation sites (tertiary alicyclic amines) is 1. The van der Waals surface area contributed by atoms with Crippen LogP contribution in [0.4, 0.5) is 0 Å². The van der Waals surface area contributed by atoms with Crippen molar-refractivity contribution >= 4 is 11.9 Å². The van der Waals surface area contributed by atoms with Crippen molar-refractivity contribution in [1.82, 2.24) is 10.2 Å². The fourth-order valence-electron chi connectivity index (χ4n) is 2.25. The van der Waals surface area contributed by atoms with E-state index in [4.69, 9.17) is 0 Å². The van der Waals surface area contributed by atoms with E-state index in [1.165, 1.54) is 7.11 Å². The zero-order valence-corrected chi connectivity index (χ0v) is 11.8. The molecule has 104 valence electrons. The first-order valence-corrected chi connectivity index (χ1v) is 6.43. The van der Waals surface area contributed by atoms with Crippen LogP contribution in [-0.4, -0.2) is 50.6 Å². The number of hydrogen-bond donors (Lipinski definition) is 1. The monoisotopic (exact) mass is 256 g/mol. The van der Waals surface area contributed by atoms with Gasteiger partial charge in [-0.15, -0.1) is 0 Å². The second-order valence-corrected chi connectivity index (χ2v) is 5.60. The lowest BCUT2D eigenvalue weighted by Crippen LogP contribution is -2.46. The standard InChI is InChI=1S/C13H24N2O3/c1-13(2,12(17)18-4)11(16)14-8-10-6-5-7-15(3)9-10/h10H,5-9H2,1-4H3,(H,14,16). The molecule has 1 aliphatic rings. The molecule has 1 N–H and O–H groups in total. The number of rotatable bonds is 4. The van der Waals surface area contributed by atoms with Gasteiger partial charge in [-0.3, -0.25) is 9.59 Å². The van der Waals surface area contributed by atoms with Crippen LogP contribution < -0.4 is 5.32 Å². The van der Waals surface area contributed by atoms with Crippen molar-refractivity contribution in [2.24, 2.45) is 11.3 Å². The van der Waals surface area contributed by atoms with Gasteiger partial charge in [-0.2, -0.15) is 0 Å². The molecule has 1 saturated heterocycles. The van der Waals surface area contributed by atoms with E-state index < -0.39 is 11.4 Å². The van der Waals surface area contributed by atoms with E-state index >= 15 is 0 Å². The Labute approximate surface area is 109 Å². The summed E-state index contributed by atoms with van der Waals surface area (Å²) in [5.41, 5.74) is -1.12. The van der Waals surface area contributed by atoms with Crippen molar-refractivity contribution in [2.45, 2.75) is 26.7 Å². The molecule has 0 aliphatic carbocycles. The summed E-state index contributed by atoms with van der Waals surface area (Å²) in [5.74, 6) is -0.288. The van der Waals surface area contributed by atoms with E-state index in [9.17, 15) is 9.59 Å². The van der Waals surface area contributed by atoms with E-state index in [0.29, 0.717) is 12.5 Å². The minimum Gasteiger partial charge on any atom is -0.468 e. The van der Waals surface area contributed by atoms with Crippen molar-refractivity contribution in [3.05, 3.63) is 0 Å². The predicted molar refractivity (Wildman–Crippen MR) is 69.0 cm³/mol. The Balaban J connectivity index is 2.43. The second-order valence-electron chi connectivity index (χ2n) is 5.60. The van der Waals surface area contributed by atoms with Gasteiger partial charge in [0.05, 0.1) is 7.11 Å². The van der Waals surface area contributed by atoms with E-state index in [-0.39, 0.29) is 5.91 Å². The van der Waals surface area contributed by atoms with Crippen LogP contribution >= 0.6 is 0 Å². The molecule has 1 heterocycles. The number of amides is 1. The Hall–Kier alpha value is -1.10. The molecule has 1 atom stereocenters. The number of methoxy groups -OCH3 is 1. The predicted octanol–water partition coefficient (Wildman–Crippen LogP) is 0.644. The summed E-state index contributed by atoms with van der Waals surface area (Å²) < 4.78 is 4.64. The highest BCUT2D eigenvalue weighted by Crippen LogP contribution is 2.18. The lowest BCUT2D eigenvalue weighted by atomic mass is 9.91. The maximum absolute atomic E-state index is 12.0. The quantitative estimate of drug-likeness (QED) is 0.592. The molecule has 0 spiro atoms. The van der Waals surface area contributed by atoms with Crippen LogP contribution in [0.2, 0.25) is 0 Å². The Morgan fingerprint density at radius 2 is 2.11 bits per heavy atom. The molecule has 5 nitrogen and oxygen atoms in total. The third-order valence-corrected chi connectivity index (χ3v) is 3.54. The van der Waals surface area contributed by atoms with Crippen LogP contribution in [-0.2, 0) is 14.3 Å². The third kappa shape index (κ3) is 3.70. The van der Waals surface area contributed by atoms with E-state index in [2.05, 4.69) is 22.0 Å². The summed E-state index contributed by atoms with van der Waals surface area (Å²) in [6, 6.07) is 0. The van der Waals surface area contributed by atoms with Gasteiger partial charge in [0.1, 0.15) is 5.41 Å². The number of nitrogens with one attached hydrogen (secondary N) is 1. The molecule has 1 amide bonds. The molecule has 0 radical (unpaired) electrons. The van der Waals surface area contributed by atoms with E-state index in [1.54, 1.807) is 13.8 Å². The maximum Gasteiger partial charge on any atom is 0.320 e. The Kier molecular flexibility index (Phi) is 5.14. The van der Waals surface area contributed by atoms with Gasteiger partial charge in [0.25, 0.3) is 0 Å². The Bertz CT molecular complexity index is 315. The zero-order chi connectivity index (χ0) is 13.8. The summed E-state index contributed by atoms with van der Waals surface area (Å²) in [7, 11) is 3.39. The van der Waals surface area contributed by atoms with Gasteiger partial charge in [0.15, 0.2) is 0 Å². The highest BCUT2D eigenvalue weighted by molar-refractivity contribution is 6.01. The lowest BCUT2D eigenvalue weighted by molar-refractivity contribution is -0.156. The zero-order valence-electron chi connectivity index (χ0n) is 11.8. The molecular formula is C13H24N2O3. The van der Waals surface area contributed by atoms with Crippen LogP contribution in [0.15, 0.2) is 0 Å². The SMILES string of the molecule is COC(=O)C(C)(C)C(=O)NCC1CCCN(C)C1. The Morgan fingerprint density at radius 1 is 1.44 bits per heavy atom. The number of ether oxygens (including phenoxy) is 1. The minimum atomic E-state index is -1.12. The molecule has 1 aliphatic heterocycles. The number of piperidine rings is 1. The van der Waals surface area contributed by atoms with Crippen molar-refractivity contribution in [2.75, 3.05) is 33.8 Å². The summed E-state index contributed by atoms with van der Waals surface area (Å²) in [6.07, 6.45) is 2.29. The topological polar surface area (TPSA) is 58.6 Å². The van der Waals surface area contributed by atoms with E-state index in [1.807, 2.05) is 0 Å². The fraction of sp³-hybridized carbons (Fsp3) is 0.846. The van der Waals surface area contributed by atoms with Gasteiger partial charge >= 0.3 is 5.97 Å². The van der Waals surface area contributed by atoms with Crippen molar-refractivity contribution in [1.29, 1.82) is 0 Å². The summed E-state index contributed by atoms with van der Waals surface area (Å²) in [6.45, 7) is 5.92. The third-order valence-electron chi connectivity index (χ3n) is 3.54. The van der Waals surface area contributed by atoms with Crippen LogP contribution in [0.5, 0.6) is 0 Å². The minimum absolute atomic E-state index is 0.262. The summed E-state index contributed by atoms with van der Waals surface area (Å²) >= 11 is 0. The first kappa shape index (κ1) is 15.0. The first-order chi connectivity index (χ1) is 8.37. The number of nitrogens with zero attached hydrogens (tertiary/aromatic N) is 1. The smallest absolute Gasteiger partial charge is 0.320 e. The van der Waals surface area contributed by atoms with Crippen molar-refractivity contribution in [3.63, 3.8) is 0 Å². The average Bonchev–Trinajstić information content (AvgIpc) is 2.34. The molecule has 0 bridgehead atoms. The number of carbonyl (C=O) groups is 2. The van der Waals surface area contributed by atoms with Gasteiger partial charge in [0.2, 0.25) is 5.91 Å². The van der Waals surface area contributed by atoms with Crippen LogP contribution in [0, 0.1) is 11.3 Å². The molecule has 1 rings (SSSR count). The molecule has 0 aromatic carbocycles. The summed E-state index contributed by atoms with van der Waals surface area (Å²) in [5, 5.41) is 2.86.